The van der Waals surface area contributed by atoms with Gasteiger partial charge < -0.3 is 5.73 Å². The lowest BCUT2D eigenvalue weighted by Gasteiger charge is -2.21. The van der Waals surface area contributed by atoms with Crippen molar-refractivity contribution in [2.75, 3.05) is 6.54 Å². The summed E-state index contributed by atoms with van der Waals surface area (Å²) in [5, 5.41) is 0. The molecule has 0 atom stereocenters. The molecule has 1 aromatic heterocycles. The molecule has 0 bridgehead atoms. The highest BCUT2D eigenvalue weighted by molar-refractivity contribution is 9.11. The molecular weight excluding hydrogens is 368 g/mol. The van der Waals surface area contributed by atoms with E-state index in [-0.39, 0.29) is 6.04 Å². The van der Waals surface area contributed by atoms with Crippen LogP contribution in [0.25, 0.3) is 0 Å². The Morgan fingerprint density at radius 2 is 2.26 bits per heavy atom. The molecule has 0 aromatic carbocycles. The predicted molar refractivity (Wildman–Crippen MR) is 85.1 cm³/mol. The van der Waals surface area contributed by atoms with Crippen LogP contribution in [0.2, 0.25) is 0 Å². The average Bonchev–Trinajstić information content (AvgIpc) is 3.03. The summed E-state index contributed by atoms with van der Waals surface area (Å²) in [6.07, 6.45) is 2.26. The van der Waals surface area contributed by atoms with Crippen molar-refractivity contribution >= 4 is 54.5 Å². The molecule has 2 rings (SSSR count). The molecule has 0 radical (unpaired) electrons. The Labute approximate surface area is 131 Å². The van der Waals surface area contributed by atoms with Crippen molar-refractivity contribution in [1.82, 2.24) is 4.31 Å². The fraction of sp³-hybridized carbons (Fsp3) is 0.545. The highest BCUT2D eigenvalue weighted by Crippen LogP contribution is 2.36. The van der Waals surface area contributed by atoms with Crippen LogP contribution in [-0.2, 0) is 10.0 Å². The van der Waals surface area contributed by atoms with Crippen molar-refractivity contribution in [1.29, 1.82) is 0 Å². The molecular formula is C11H15BrN2O2S3. The molecule has 19 heavy (non-hydrogen) atoms. The van der Waals surface area contributed by atoms with Gasteiger partial charge in [0.2, 0.25) is 10.0 Å². The fourth-order valence-corrected chi connectivity index (χ4v) is 6.06. The van der Waals surface area contributed by atoms with Gasteiger partial charge in [-0.25, -0.2) is 8.42 Å². The Hall–Kier alpha value is -0.0200. The lowest BCUT2D eigenvalue weighted by molar-refractivity contribution is 0.413. The van der Waals surface area contributed by atoms with E-state index < -0.39 is 10.0 Å². The van der Waals surface area contributed by atoms with Crippen LogP contribution in [-0.4, -0.2) is 30.3 Å². The van der Waals surface area contributed by atoms with Gasteiger partial charge in [0.05, 0.1) is 13.7 Å². The molecule has 8 heteroatoms. The van der Waals surface area contributed by atoms with Gasteiger partial charge in [-0.1, -0.05) is 12.2 Å². The maximum absolute atomic E-state index is 12.7. The molecule has 1 aliphatic carbocycles. The number of aryl methyl sites for hydroxylation is 1. The number of sulfonamides is 1. The minimum absolute atomic E-state index is 0.109. The lowest BCUT2D eigenvalue weighted by Crippen LogP contribution is -2.35. The van der Waals surface area contributed by atoms with Crippen LogP contribution in [0, 0.1) is 6.92 Å². The molecule has 1 aliphatic rings. The number of rotatable bonds is 6. The smallest absolute Gasteiger partial charge is 0.244 e. The standard InChI is InChI=1S/C11H15BrN2O2S3/c1-7-9(6-10(12)18-7)19(15,16)14(8-2-3-8)5-4-11(13)17/h6,8H,2-5H2,1H3,(H2,13,17). The largest absolute Gasteiger partial charge is 0.393 e. The van der Waals surface area contributed by atoms with Crippen molar-refractivity contribution in [3.63, 3.8) is 0 Å². The molecule has 0 amide bonds. The monoisotopic (exact) mass is 382 g/mol. The summed E-state index contributed by atoms with van der Waals surface area (Å²) >= 11 is 9.61. The molecule has 1 heterocycles. The SMILES string of the molecule is Cc1sc(Br)cc1S(=O)(=O)N(CCC(N)=S)C1CC1. The van der Waals surface area contributed by atoms with E-state index in [9.17, 15) is 8.42 Å². The maximum Gasteiger partial charge on any atom is 0.244 e. The highest BCUT2D eigenvalue weighted by Gasteiger charge is 2.38. The van der Waals surface area contributed by atoms with Gasteiger partial charge in [-0.3, -0.25) is 0 Å². The zero-order valence-electron chi connectivity index (χ0n) is 10.4. The third-order valence-corrected chi connectivity index (χ3v) is 6.93. The van der Waals surface area contributed by atoms with Crippen LogP contribution in [0.4, 0.5) is 0 Å². The molecule has 0 saturated heterocycles. The van der Waals surface area contributed by atoms with Gasteiger partial charge in [-0.2, -0.15) is 4.31 Å². The number of nitrogens with two attached hydrogens (primary N) is 1. The second-order valence-electron chi connectivity index (χ2n) is 4.53. The molecule has 0 unspecified atom stereocenters. The zero-order chi connectivity index (χ0) is 14.2. The van der Waals surface area contributed by atoms with Gasteiger partial charge >= 0.3 is 0 Å². The van der Waals surface area contributed by atoms with E-state index in [1.165, 1.54) is 11.3 Å². The fourth-order valence-electron chi connectivity index (χ4n) is 1.90. The van der Waals surface area contributed by atoms with E-state index in [0.29, 0.717) is 22.8 Å². The molecule has 1 aromatic rings. The van der Waals surface area contributed by atoms with Crippen molar-refractivity contribution in [3.05, 3.63) is 14.7 Å². The average molecular weight is 383 g/mol. The summed E-state index contributed by atoms with van der Waals surface area (Å²) in [4.78, 5) is 1.54. The summed E-state index contributed by atoms with van der Waals surface area (Å²) < 4.78 is 27.8. The quantitative estimate of drug-likeness (QED) is 0.768. The van der Waals surface area contributed by atoms with Crippen molar-refractivity contribution in [3.8, 4) is 0 Å². The Morgan fingerprint density at radius 3 is 2.68 bits per heavy atom. The molecule has 1 fully saturated rings. The molecule has 1 saturated carbocycles. The summed E-state index contributed by atoms with van der Waals surface area (Å²) in [6.45, 7) is 2.19. The number of hydrogen-bond acceptors (Lipinski definition) is 4. The normalized spacial score (nSPS) is 15.9. The minimum Gasteiger partial charge on any atom is -0.393 e. The molecule has 106 valence electrons. The maximum atomic E-state index is 12.7. The van der Waals surface area contributed by atoms with Gasteiger partial charge in [0.25, 0.3) is 0 Å². The molecule has 0 aliphatic heterocycles. The number of nitrogens with zero attached hydrogens (tertiary/aromatic N) is 1. The minimum atomic E-state index is -3.44. The van der Waals surface area contributed by atoms with Crippen molar-refractivity contribution < 1.29 is 8.42 Å². The van der Waals surface area contributed by atoms with Gasteiger partial charge in [0.1, 0.15) is 0 Å². The first kappa shape index (κ1) is 15.4. The van der Waals surface area contributed by atoms with Crippen LogP contribution in [0.15, 0.2) is 14.7 Å². The number of thiophene rings is 1. The van der Waals surface area contributed by atoms with Crippen LogP contribution >= 0.6 is 39.5 Å². The predicted octanol–water partition coefficient (Wildman–Crippen LogP) is 2.65. The van der Waals surface area contributed by atoms with Gasteiger partial charge in [0.15, 0.2) is 0 Å². The van der Waals surface area contributed by atoms with E-state index in [2.05, 4.69) is 15.9 Å². The van der Waals surface area contributed by atoms with Crippen LogP contribution in [0.3, 0.4) is 0 Å². The third kappa shape index (κ3) is 3.55. The van der Waals surface area contributed by atoms with Crippen molar-refractivity contribution in [2.45, 2.75) is 37.1 Å². The first-order chi connectivity index (χ1) is 8.82. The topological polar surface area (TPSA) is 63.4 Å². The highest BCUT2D eigenvalue weighted by atomic mass is 79.9. The number of thiocarbonyl (C=S) groups is 1. The van der Waals surface area contributed by atoms with Crippen LogP contribution in [0.5, 0.6) is 0 Å². The summed E-state index contributed by atoms with van der Waals surface area (Å²) in [5.74, 6) is 0. The Morgan fingerprint density at radius 1 is 1.63 bits per heavy atom. The summed E-state index contributed by atoms with van der Waals surface area (Å²) in [6, 6.07) is 1.78. The van der Waals surface area contributed by atoms with Gasteiger partial charge in [-0.15, -0.1) is 11.3 Å². The Bertz CT molecular complexity index is 593. The summed E-state index contributed by atoms with van der Waals surface area (Å²) in [7, 11) is -3.44. The second kappa shape index (κ2) is 5.77. The van der Waals surface area contributed by atoms with E-state index in [4.69, 9.17) is 18.0 Å². The first-order valence-electron chi connectivity index (χ1n) is 5.88. The lowest BCUT2D eigenvalue weighted by atomic mass is 10.4. The van der Waals surface area contributed by atoms with Crippen LogP contribution in [0.1, 0.15) is 24.1 Å². The summed E-state index contributed by atoms with van der Waals surface area (Å²) in [5.41, 5.74) is 5.48. The molecule has 2 N–H and O–H groups in total. The number of halogens is 1. The Balaban J connectivity index is 2.29. The van der Waals surface area contributed by atoms with Gasteiger partial charge in [-0.05, 0) is 41.8 Å². The van der Waals surface area contributed by atoms with Crippen LogP contribution < -0.4 is 5.73 Å². The van der Waals surface area contributed by atoms with Crippen molar-refractivity contribution in [2.24, 2.45) is 5.73 Å². The van der Waals surface area contributed by atoms with E-state index in [1.807, 2.05) is 6.92 Å². The van der Waals surface area contributed by atoms with E-state index in [0.717, 1.165) is 21.5 Å². The third-order valence-electron chi connectivity index (χ3n) is 2.96. The van der Waals surface area contributed by atoms with E-state index >= 15 is 0 Å². The molecule has 4 nitrogen and oxygen atoms in total. The van der Waals surface area contributed by atoms with Gasteiger partial charge in [0, 0.05) is 23.9 Å². The second-order valence-corrected chi connectivity index (χ2v) is 9.55. The zero-order valence-corrected chi connectivity index (χ0v) is 14.5. The van der Waals surface area contributed by atoms with E-state index in [1.54, 1.807) is 10.4 Å². The molecule has 0 spiro atoms. The Kier molecular flexibility index (Phi) is 4.67. The first-order valence-corrected chi connectivity index (χ1v) is 9.34. The number of hydrogen-bond donors (Lipinski definition) is 1.